The van der Waals surface area contributed by atoms with Crippen LogP contribution in [0.5, 0.6) is 0 Å². The highest BCUT2D eigenvalue weighted by Gasteiger charge is 2.31. The Morgan fingerprint density at radius 3 is 2.60 bits per heavy atom. The van der Waals surface area contributed by atoms with Crippen molar-refractivity contribution in [3.8, 4) is 0 Å². The lowest BCUT2D eigenvalue weighted by molar-refractivity contribution is -0.133. The molecule has 1 aliphatic rings. The van der Waals surface area contributed by atoms with Gasteiger partial charge in [-0.2, -0.15) is 0 Å². The van der Waals surface area contributed by atoms with Gasteiger partial charge in [0.1, 0.15) is 6.04 Å². The third-order valence-electron chi connectivity index (χ3n) is 3.81. The van der Waals surface area contributed by atoms with E-state index in [1.807, 2.05) is 0 Å². The van der Waals surface area contributed by atoms with Gasteiger partial charge in [0.15, 0.2) is 5.78 Å². The van der Waals surface area contributed by atoms with Crippen molar-refractivity contribution < 1.29 is 14.4 Å². The molecule has 20 heavy (non-hydrogen) atoms. The quantitative estimate of drug-likeness (QED) is 0.686. The fraction of sp³-hybridized carbons (Fsp3) is 0.800. The van der Waals surface area contributed by atoms with E-state index >= 15 is 0 Å². The van der Waals surface area contributed by atoms with Gasteiger partial charge in [0.05, 0.1) is 6.04 Å². The lowest BCUT2D eigenvalue weighted by atomic mass is 10.0. The molecule has 1 aliphatic heterocycles. The van der Waals surface area contributed by atoms with Crippen molar-refractivity contribution >= 4 is 18.1 Å². The second kappa shape index (κ2) is 8.02. The zero-order chi connectivity index (χ0) is 15.1. The number of carbonyl (C=O) groups is 3. The molecule has 0 aliphatic carbocycles. The Labute approximate surface area is 121 Å². The predicted octanol–water partition coefficient (Wildman–Crippen LogP) is 1.51. The van der Waals surface area contributed by atoms with E-state index in [1.165, 1.54) is 11.8 Å². The molecule has 0 spiro atoms. The molecule has 114 valence electrons. The minimum atomic E-state index is -0.421. The van der Waals surface area contributed by atoms with Crippen LogP contribution in [0.3, 0.4) is 0 Å². The number of nitrogens with one attached hydrogen (secondary N) is 1. The summed E-state index contributed by atoms with van der Waals surface area (Å²) in [5.41, 5.74) is 0. The van der Waals surface area contributed by atoms with Crippen molar-refractivity contribution in [2.75, 3.05) is 6.54 Å². The summed E-state index contributed by atoms with van der Waals surface area (Å²) in [6.07, 6.45) is 4.88. The molecular formula is C15H26N2O3. The molecule has 1 rings (SSSR count). The van der Waals surface area contributed by atoms with E-state index in [-0.39, 0.29) is 11.7 Å². The van der Waals surface area contributed by atoms with Gasteiger partial charge in [-0.15, -0.1) is 0 Å². The molecule has 0 aromatic carbocycles. The molecule has 2 amide bonds. The van der Waals surface area contributed by atoms with Crippen LogP contribution in [-0.2, 0) is 14.4 Å². The van der Waals surface area contributed by atoms with Crippen molar-refractivity contribution in [3.05, 3.63) is 0 Å². The van der Waals surface area contributed by atoms with Gasteiger partial charge in [-0.25, -0.2) is 0 Å². The van der Waals surface area contributed by atoms with E-state index < -0.39 is 12.1 Å². The number of Topliss-reactive ketones (excluding diaryl/α,β-unsaturated/α-hetero) is 1. The summed E-state index contributed by atoms with van der Waals surface area (Å²) in [4.78, 5) is 36.2. The summed E-state index contributed by atoms with van der Waals surface area (Å²) >= 11 is 0. The minimum Gasteiger partial charge on any atom is -0.345 e. The van der Waals surface area contributed by atoms with Crippen LogP contribution in [0, 0.1) is 5.92 Å². The number of ketones is 1. The first-order valence-electron chi connectivity index (χ1n) is 7.47. The third-order valence-corrected chi connectivity index (χ3v) is 3.81. The number of likely N-dealkylation sites (tertiary alicyclic amines) is 1. The van der Waals surface area contributed by atoms with Crippen LogP contribution in [0.4, 0.5) is 0 Å². The highest BCUT2D eigenvalue weighted by Crippen LogP contribution is 2.16. The molecule has 0 aromatic heterocycles. The van der Waals surface area contributed by atoms with Crippen LogP contribution in [0.15, 0.2) is 0 Å². The number of rotatable bonds is 8. The zero-order valence-electron chi connectivity index (χ0n) is 12.7. The Balaban J connectivity index is 2.50. The maximum absolute atomic E-state index is 12.2. The molecule has 1 saturated heterocycles. The molecule has 0 radical (unpaired) electrons. The Kier molecular flexibility index (Phi) is 6.68. The summed E-state index contributed by atoms with van der Waals surface area (Å²) in [6, 6.07) is -0.824. The van der Waals surface area contributed by atoms with E-state index in [0.717, 1.165) is 25.7 Å². The molecule has 0 unspecified atom stereocenters. The first-order chi connectivity index (χ1) is 9.45. The molecule has 1 fully saturated rings. The van der Waals surface area contributed by atoms with Gasteiger partial charge in [0, 0.05) is 6.54 Å². The van der Waals surface area contributed by atoms with E-state index in [2.05, 4.69) is 19.2 Å². The van der Waals surface area contributed by atoms with Crippen molar-refractivity contribution in [1.29, 1.82) is 0 Å². The van der Waals surface area contributed by atoms with Crippen LogP contribution < -0.4 is 5.32 Å². The molecule has 2 atom stereocenters. The molecule has 0 aromatic rings. The standard InChI is InChI=1S/C15H26N2O3/c1-11(2)6-4-7-13(12(3)19)16-15(20)14-8-5-9-17(14)10-18/h10-11,13-14H,4-9H2,1-3H3,(H,16,20)/t13-,14-/m0/s1. The molecule has 0 saturated carbocycles. The van der Waals surface area contributed by atoms with Gasteiger partial charge >= 0.3 is 0 Å². The average molecular weight is 282 g/mol. The third kappa shape index (κ3) is 4.94. The van der Waals surface area contributed by atoms with Crippen molar-refractivity contribution in [1.82, 2.24) is 10.2 Å². The fourth-order valence-electron chi connectivity index (χ4n) is 2.57. The van der Waals surface area contributed by atoms with E-state index in [1.54, 1.807) is 0 Å². The Bertz CT molecular complexity index is 355. The zero-order valence-corrected chi connectivity index (χ0v) is 12.7. The molecular weight excluding hydrogens is 256 g/mol. The normalized spacial score (nSPS) is 20.0. The number of carbonyl (C=O) groups excluding carboxylic acids is 3. The molecule has 5 nitrogen and oxygen atoms in total. The van der Waals surface area contributed by atoms with Crippen molar-refractivity contribution in [3.63, 3.8) is 0 Å². The van der Waals surface area contributed by atoms with Crippen LogP contribution in [0.25, 0.3) is 0 Å². The van der Waals surface area contributed by atoms with Gasteiger partial charge in [-0.3, -0.25) is 14.4 Å². The van der Waals surface area contributed by atoms with Gasteiger partial charge in [0.25, 0.3) is 0 Å². The Hall–Kier alpha value is -1.39. The summed E-state index contributed by atoms with van der Waals surface area (Å²) < 4.78 is 0. The smallest absolute Gasteiger partial charge is 0.243 e. The lowest BCUT2D eigenvalue weighted by Crippen LogP contribution is -2.48. The van der Waals surface area contributed by atoms with Gasteiger partial charge in [-0.05, 0) is 32.1 Å². The van der Waals surface area contributed by atoms with Crippen LogP contribution in [0.1, 0.15) is 52.9 Å². The molecule has 0 bridgehead atoms. The summed E-state index contributed by atoms with van der Waals surface area (Å²) in [7, 11) is 0. The predicted molar refractivity (Wildman–Crippen MR) is 77.1 cm³/mol. The molecule has 1 heterocycles. The van der Waals surface area contributed by atoms with Crippen molar-refractivity contribution in [2.24, 2.45) is 5.92 Å². The highest BCUT2D eigenvalue weighted by atomic mass is 16.2. The lowest BCUT2D eigenvalue weighted by Gasteiger charge is -2.23. The first kappa shape index (κ1) is 16.7. The Morgan fingerprint density at radius 1 is 1.35 bits per heavy atom. The largest absolute Gasteiger partial charge is 0.345 e. The minimum absolute atomic E-state index is 0.0160. The molecule has 1 N–H and O–H groups in total. The topological polar surface area (TPSA) is 66.5 Å². The number of amides is 2. The Morgan fingerprint density at radius 2 is 2.05 bits per heavy atom. The maximum Gasteiger partial charge on any atom is 0.243 e. The second-order valence-corrected chi connectivity index (χ2v) is 6.00. The summed E-state index contributed by atoms with van der Waals surface area (Å²) in [5, 5.41) is 2.81. The first-order valence-corrected chi connectivity index (χ1v) is 7.47. The average Bonchev–Trinajstić information content (AvgIpc) is 2.85. The van der Waals surface area contributed by atoms with Gasteiger partial charge in [-0.1, -0.05) is 26.7 Å². The van der Waals surface area contributed by atoms with Crippen LogP contribution >= 0.6 is 0 Å². The number of hydrogen-bond donors (Lipinski definition) is 1. The van der Waals surface area contributed by atoms with Crippen molar-refractivity contribution in [2.45, 2.75) is 65.0 Å². The number of nitrogens with zero attached hydrogens (tertiary/aromatic N) is 1. The monoisotopic (exact) mass is 282 g/mol. The molecule has 5 heteroatoms. The second-order valence-electron chi connectivity index (χ2n) is 6.00. The number of hydrogen-bond acceptors (Lipinski definition) is 3. The van der Waals surface area contributed by atoms with E-state index in [4.69, 9.17) is 0 Å². The van der Waals surface area contributed by atoms with E-state index in [9.17, 15) is 14.4 Å². The van der Waals surface area contributed by atoms with Crippen LogP contribution in [-0.4, -0.2) is 41.6 Å². The van der Waals surface area contributed by atoms with Crippen LogP contribution in [0.2, 0.25) is 0 Å². The van der Waals surface area contributed by atoms with Gasteiger partial charge in [0.2, 0.25) is 12.3 Å². The van der Waals surface area contributed by atoms with Gasteiger partial charge < -0.3 is 10.2 Å². The van der Waals surface area contributed by atoms with E-state index in [0.29, 0.717) is 25.3 Å². The summed E-state index contributed by atoms with van der Waals surface area (Å²) in [6.45, 7) is 6.41. The maximum atomic E-state index is 12.2. The summed E-state index contributed by atoms with van der Waals surface area (Å²) in [5.74, 6) is 0.385. The highest BCUT2D eigenvalue weighted by molar-refractivity contribution is 5.90. The SMILES string of the molecule is CC(=O)[C@H](CCCC(C)C)NC(=O)[C@@H]1CCCN1C=O. The fourth-order valence-corrected chi connectivity index (χ4v) is 2.57.